The predicted octanol–water partition coefficient (Wildman–Crippen LogP) is 6.69. The van der Waals surface area contributed by atoms with E-state index < -0.39 is 59.5 Å². The third-order valence-corrected chi connectivity index (χ3v) is 9.60. The smallest absolute Gasteiger partial charge is 0.305 e. The molecule has 276 valence electrons. The monoisotopic (exact) mass is 730 g/mol. The SMILES string of the molecule is Cc1cc(-c2c(C)cc(Cl)cc2C)cc([C@H](CC(=O)O)NC(=O)[C@H](CC(C)C)NC(=O)c2cccn(CCN3CC[C@H](C(C)(F)F)C3)c2=O)c1F. The van der Waals surface area contributed by atoms with Gasteiger partial charge in [0.2, 0.25) is 11.8 Å². The molecule has 2 aromatic carbocycles. The largest absolute Gasteiger partial charge is 0.481 e. The molecule has 0 saturated carbocycles. The van der Waals surface area contributed by atoms with Gasteiger partial charge in [-0.1, -0.05) is 25.4 Å². The number of aryl methyl sites for hydroxylation is 3. The minimum Gasteiger partial charge on any atom is -0.481 e. The third kappa shape index (κ3) is 10.0. The Morgan fingerprint density at radius 3 is 2.29 bits per heavy atom. The maximum Gasteiger partial charge on any atom is 0.305 e. The van der Waals surface area contributed by atoms with Gasteiger partial charge in [-0.3, -0.25) is 19.2 Å². The number of hydrogen-bond acceptors (Lipinski definition) is 5. The Balaban J connectivity index is 1.57. The molecule has 51 heavy (non-hydrogen) atoms. The summed E-state index contributed by atoms with van der Waals surface area (Å²) in [5, 5.41) is 15.6. The van der Waals surface area contributed by atoms with Crippen molar-refractivity contribution >= 4 is 29.4 Å². The number of carboxylic acid groups (broad SMARTS) is 1. The second-order valence-corrected chi connectivity index (χ2v) is 14.5. The minimum absolute atomic E-state index is 0.0259. The zero-order valence-electron chi connectivity index (χ0n) is 29.8. The number of rotatable bonds is 14. The van der Waals surface area contributed by atoms with Crippen LogP contribution in [0.3, 0.4) is 0 Å². The first-order valence-electron chi connectivity index (χ1n) is 17.1. The van der Waals surface area contributed by atoms with Gasteiger partial charge < -0.3 is 25.2 Å². The Morgan fingerprint density at radius 1 is 1.04 bits per heavy atom. The number of aromatic nitrogens is 1. The van der Waals surface area contributed by atoms with E-state index in [2.05, 4.69) is 10.6 Å². The number of likely N-dealkylation sites (tertiary alicyclic amines) is 1. The number of halogens is 4. The highest BCUT2D eigenvalue weighted by Gasteiger charge is 2.39. The number of amides is 2. The average Bonchev–Trinajstić information content (AvgIpc) is 3.50. The molecule has 1 saturated heterocycles. The number of carbonyl (C=O) groups excluding carboxylic acids is 2. The molecular formula is C38H46ClF3N4O5. The Morgan fingerprint density at radius 2 is 1.71 bits per heavy atom. The minimum atomic E-state index is -2.79. The highest BCUT2D eigenvalue weighted by atomic mass is 35.5. The van der Waals surface area contributed by atoms with Crippen molar-refractivity contribution in [3.05, 3.63) is 91.6 Å². The number of alkyl halides is 2. The van der Waals surface area contributed by atoms with Crippen LogP contribution in [0.15, 0.2) is 47.4 Å². The van der Waals surface area contributed by atoms with Crippen LogP contribution in [0.25, 0.3) is 11.1 Å². The summed E-state index contributed by atoms with van der Waals surface area (Å²) >= 11 is 6.23. The molecule has 2 amide bonds. The van der Waals surface area contributed by atoms with E-state index in [-0.39, 0.29) is 42.1 Å². The van der Waals surface area contributed by atoms with Crippen LogP contribution in [0.5, 0.6) is 0 Å². The molecule has 0 radical (unpaired) electrons. The van der Waals surface area contributed by atoms with E-state index in [9.17, 15) is 33.1 Å². The van der Waals surface area contributed by atoms with Crippen LogP contribution in [-0.2, 0) is 16.1 Å². The van der Waals surface area contributed by atoms with Crippen LogP contribution in [0.1, 0.15) is 78.7 Å². The summed E-state index contributed by atoms with van der Waals surface area (Å²) in [7, 11) is 0. The van der Waals surface area contributed by atoms with E-state index in [1.54, 1.807) is 25.1 Å². The van der Waals surface area contributed by atoms with Crippen LogP contribution in [0, 0.1) is 38.4 Å². The molecule has 13 heteroatoms. The van der Waals surface area contributed by atoms with Crippen molar-refractivity contribution in [3.8, 4) is 11.1 Å². The summed E-state index contributed by atoms with van der Waals surface area (Å²) in [6.07, 6.45) is 1.37. The summed E-state index contributed by atoms with van der Waals surface area (Å²) in [6.45, 7) is 11.1. The summed E-state index contributed by atoms with van der Waals surface area (Å²) in [4.78, 5) is 54.5. The highest BCUT2D eigenvalue weighted by molar-refractivity contribution is 6.30. The van der Waals surface area contributed by atoms with Gasteiger partial charge in [0, 0.05) is 42.3 Å². The second kappa shape index (κ2) is 16.5. The van der Waals surface area contributed by atoms with E-state index in [0.29, 0.717) is 30.1 Å². The van der Waals surface area contributed by atoms with E-state index >= 15 is 4.39 Å². The van der Waals surface area contributed by atoms with Gasteiger partial charge >= 0.3 is 5.97 Å². The second-order valence-electron chi connectivity index (χ2n) is 14.1. The summed E-state index contributed by atoms with van der Waals surface area (Å²) in [5.74, 6) is -7.15. The average molecular weight is 731 g/mol. The number of pyridine rings is 1. The van der Waals surface area contributed by atoms with Crippen molar-refractivity contribution in [3.63, 3.8) is 0 Å². The molecule has 1 fully saturated rings. The quantitative estimate of drug-likeness (QED) is 0.170. The molecular weight excluding hydrogens is 685 g/mol. The fourth-order valence-corrected chi connectivity index (χ4v) is 7.10. The van der Waals surface area contributed by atoms with Crippen LogP contribution in [0.4, 0.5) is 13.2 Å². The lowest BCUT2D eigenvalue weighted by molar-refractivity contribution is -0.137. The first kappa shape index (κ1) is 39.6. The van der Waals surface area contributed by atoms with Crippen LogP contribution >= 0.6 is 11.6 Å². The van der Waals surface area contributed by atoms with Gasteiger partial charge in [0.15, 0.2) is 0 Å². The van der Waals surface area contributed by atoms with Crippen molar-refractivity contribution < 1.29 is 32.7 Å². The lowest BCUT2D eigenvalue weighted by Crippen LogP contribution is -2.49. The van der Waals surface area contributed by atoms with Crippen LogP contribution < -0.4 is 16.2 Å². The van der Waals surface area contributed by atoms with Crippen molar-refractivity contribution in [2.45, 2.75) is 85.4 Å². The molecule has 3 N–H and O–H groups in total. The Bertz CT molecular complexity index is 1820. The molecule has 1 aliphatic rings. The van der Waals surface area contributed by atoms with Crippen molar-refractivity contribution in [1.29, 1.82) is 0 Å². The highest BCUT2D eigenvalue weighted by Crippen LogP contribution is 2.35. The Labute approximate surface area is 301 Å². The molecule has 0 bridgehead atoms. The van der Waals surface area contributed by atoms with Gasteiger partial charge in [0.25, 0.3) is 11.5 Å². The molecule has 9 nitrogen and oxygen atoms in total. The standard InChI is InChI=1S/C38H46ClF3N4O5/c1-21(2)14-31(44-35(49)28-8-7-10-46(37(28)51)13-12-45-11-9-26(20-45)38(6,41)42)36(50)43-30(19-32(47)48)29-18-25(15-24(5)34(29)40)33-22(3)16-27(39)17-23(33)4/h7-8,10,15-18,21,26,30-31H,9,11-14,19-20H2,1-6H3,(H,43,50)(H,44,49)(H,47,48)/t26-,30-,31-/m0/s1. The number of carbonyl (C=O) groups is 3. The maximum absolute atomic E-state index is 15.8. The zero-order chi connectivity index (χ0) is 37.8. The molecule has 1 aromatic heterocycles. The number of nitrogens with zero attached hydrogens (tertiary/aromatic N) is 2. The van der Waals surface area contributed by atoms with Crippen molar-refractivity contribution in [2.75, 3.05) is 19.6 Å². The van der Waals surface area contributed by atoms with Crippen LogP contribution in [0.2, 0.25) is 5.02 Å². The predicted molar refractivity (Wildman–Crippen MR) is 191 cm³/mol. The number of benzene rings is 2. The number of aliphatic carboxylic acids is 1. The normalized spacial score (nSPS) is 16.3. The van der Waals surface area contributed by atoms with Crippen molar-refractivity contribution in [1.82, 2.24) is 20.1 Å². The number of nitrogens with one attached hydrogen (secondary N) is 2. The first-order chi connectivity index (χ1) is 23.8. The third-order valence-electron chi connectivity index (χ3n) is 9.38. The lowest BCUT2D eigenvalue weighted by Gasteiger charge is -2.25. The zero-order valence-corrected chi connectivity index (χ0v) is 30.5. The molecule has 0 unspecified atom stereocenters. The van der Waals surface area contributed by atoms with E-state index in [0.717, 1.165) is 23.6 Å². The van der Waals surface area contributed by atoms with Gasteiger partial charge in [-0.25, -0.2) is 13.2 Å². The summed E-state index contributed by atoms with van der Waals surface area (Å²) in [6, 6.07) is 7.11. The lowest BCUT2D eigenvalue weighted by atomic mass is 9.90. The molecule has 0 spiro atoms. The Hall–Kier alpha value is -4.16. The summed E-state index contributed by atoms with van der Waals surface area (Å²) < 4.78 is 44.6. The fraction of sp³-hybridized carbons (Fsp3) is 0.474. The molecule has 4 rings (SSSR count). The van der Waals surface area contributed by atoms with Gasteiger partial charge in [0.05, 0.1) is 12.5 Å². The fourth-order valence-electron chi connectivity index (χ4n) is 6.77. The summed E-state index contributed by atoms with van der Waals surface area (Å²) in [5.41, 5.74) is 2.49. The number of carboxylic acids is 1. The molecule has 3 aromatic rings. The van der Waals surface area contributed by atoms with E-state index in [1.807, 2.05) is 32.6 Å². The molecule has 0 aliphatic carbocycles. The van der Waals surface area contributed by atoms with E-state index in [4.69, 9.17) is 11.6 Å². The van der Waals surface area contributed by atoms with Gasteiger partial charge in [-0.15, -0.1) is 0 Å². The van der Waals surface area contributed by atoms with E-state index in [1.165, 1.54) is 29.0 Å². The van der Waals surface area contributed by atoms with Gasteiger partial charge in [-0.2, -0.15) is 0 Å². The Kier molecular flexibility index (Phi) is 12.8. The van der Waals surface area contributed by atoms with Gasteiger partial charge in [-0.05, 0) is 117 Å². The van der Waals surface area contributed by atoms with Gasteiger partial charge in [0.1, 0.15) is 17.4 Å². The van der Waals surface area contributed by atoms with Crippen molar-refractivity contribution in [2.24, 2.45) is 11.8 Å². The number of hydrogen-bond donors (Lipinski definition) is 3. The first-order valence-corrected chi connectivity index (χ1v) is 17.4. The molecule has 1 aliphatic heterocycles. The molecule has 2 heterocycles. The van der Waals surface area contributed by atoms with Crippen LogP contribution in [-0.4, -0.2) is 64.0 Å². The molecule has 3 atom stereocenters. The maximum atomic E-state index is 15.8. The topological polar surface area (TPSA) is 121 Å².